The molecule has 1 aliphatic rings. The normalized spacial score (nSPS) is 23.0. The summed E-state index contributed by atoms with van der Waals surface area (Å²) in [4.78, 5) is 3.17. The molecule has 0 aliphatic carbocycles. The van der Waals surface area contributed by atoms with Gasteiger partial charge in [0, 0.05) is 36.3 Å². The Kier molecular flexibility index (Phi) is 3.13. The van der Waals surface area contributed by atoms with Gasteiger partial charge in [0.2, 0.25) is 0 Å². The first kappa shape index (κ1) is 12.1. The molecule has 0 radical (unpaired) electrons. The van der Waals surface area contributed by atoms with Crippen LogP contribution in [0.4, 0.5) is 0 Å². The van der Waals surface area contributed by atoms with Crippen LogP contribution in [0.1, 0.15) is 23.4 Å². The van der Waals surface area contributed by atoms with Crippen LogP contribution < -0.4 is 4.90 Å². The van der Waals surface area contributed by atoms with E-state index in [9.17, 15) is 0 Å². The second-order valence-electron chi connectivity index (χ2n) is 5.00. The maximum absolute atomic E-state index is 5.41. The molecular weight excluding hydrogens is 262 g/mol. The lowest BCUT2D eigenvalue weighted by Gasteiger charge is -2.30. The van der Waals surface area contributed by atoms with Crippen LogP contribution in [0.2, 0.25) is 0 Å². The maximum atomic E-state index is 5.41. The first-order chi connectivity index (χ1) is 8.66. The average molecular weight is 280 g/mol. The van der Waals surface area contributed by atoms with E-state index in [1.165, 1.54) is 18.5 Å². The van der Waals surface area contributed by atoms with Crippen molar-refractivity contribution in [3.63, 3.8) is 0 Å². The summed E-state index contributed by atoms with van der Waals surface area (Å²) in [6, 6.07) is 2.86. The third-order valence-electron chi connectivity index (χ3n) is 3.92. The number of aryl methyl sites for hydroxylation is 1. The number of hydrogen-bond acceptors (Lipinski definition) is 2. The number of imidazole rings is 1. The van der Waals surface area contributed by atoms with E-state index in [1.54, 1.807) is 9.78 Å². The van der Waals surface area contributed by atoms with Crippen molar-refractivity contribution in [1.82, 2.24) is 9.13 Å². The van der Waals surface area contributed by atoms with Crippen molar-refractivity contribution < 1.29 is 4.90 Å². The molecule has 2 aromatic heterocycles. The fourth-order valence-corrected chi connectivity index (χ4v) is 3.88. The fourth-order valence-electron chi connectivity index (χ4n) is 2.72. The van der Waals surface area contributed by atoms with Crippen molar-refractivity contribution in [3.05, 3.63) is 39.1 Å². The molecule has 18 heavy (non-hydrogen) atoms. The van der Waals surface area contributed by atoms with Crippen LogP contribution in [0, 0.1) is 4.77 Å². The quantitative estimate of drug-likeness (QED) is 0.828. The third kappa shape index (κ3) is 1.96. The van der Waals surface area contributed by atoms with Crippen molar-refractivity contribution in [2.45, 2.75) is 26.1 Å². The van der Waals surface area contributed by atoms with Crippen molar-refractivity contribution in [1.29, 1.82) is 0 Å². The van der Waals surface area contributed by atoms with Crippen LogP contribution in [-0.2, 0) is 20.1 Å². The van der Waals surface area contributed by atoms with E-state index in [2.05, 4.69) is 29.1 Å². The summed E-state index contributed by atoms with van der Waals surface area (Å²) in [6.45, 7) is 4.49. The molecule has 3 rings (SSSR count). The van der Waals surface area contributed by atoms with Crippen LogP contribution >= 0.6 is 23.6 Å². The van der Waals surface area contributed by atoms with Crippen molar-refractivity contribution in [2.75, 3.05) is 6.54 Å². The summed E-state index contributed by atoms with van der Waals surface area (Å²) >= 11 is 7.31. The van der Waals surface area contributed by atoms with E-state index >= 15 is 0 Å². The number of nitrogens with one attached hydrogen (secondary N) is 1. The Balaban J connectivity index is 1.83. The largest absolute Gasteiger partial charge is 0.327 e. The number of fused-ring (bicyclic) bond motifs is 1. The minimum atomic E-state index is 0.571. The Morgan fingerprint density at radius 2 is 2.33 bits per heavy atom. The van der Waals surface area contributed by atoms with Crippen LogP contribution in [0.3, 0.4) is 0 Å². The molecule has 0 saturated carbocycles. The molecule has 0 aromatic carbocycles. The summed E-state index contributed by atoms with van der Waals surface area (Å²) in [7, 11) is 2.00. The van der Waals surface area contributed by atoms with Gasteiger partial charge in [-0.1, -0.05) is 0 Å². The average Bonchev–Trinajstić information content (AvgIpc) is 2.95. The van der Waals surface area contributed by atoms with E-state index in [0.717, 1.165) is 11.4 Å². The van der Waals surface area contributed by atoms with E-state index in [-0.39, 0.29) is 0 Å². The molecular formula is C13H18N3S2+. The minimum Gasteiger partial charge on any atom is -0.327 e. The van der Waals surface area contributed by atoms with Gasteiger partial charge in [-0.15, -0.1) is 11.3 Å². The molecule has 1 aliphatic heterocycles. The molecule has 2 atom stereocenters. The summed E-state index contributed by atoms with van der Waals surface area (Å²) in [5.41, 5.74) is 1.53. The number of quaternary nitrogens is 1. The maximum Gasteiger partial charge on any atom is 0.183 e. The fraction of sp³-hybridized carbons (Fsp3) is 0.462. The molecule has 1 unspecified atom stereocenters. The van der Waals surface area contributed by atoms with Gasteiger partial charge in [-0.25, -0.2) is 0 Å². The molecule has 0 fully saturated rings. The number of thiophene rings is 1. The highest BCUT2D eigenvalue weighted by Gasteiger charge is 2.28. The Morgan fingerprint density at radius 1 is 1.50 bits per heavy atom. The number of hydrogen-bond donors (Lipinski definition) is 1. The SMILES string of the molecule is C[C@@H]1c2ccsc2CC[NH+]1Cn1ccn(C)c1=S. The molecule has 0 spiro atoms. The van der Waals surface area contributed by atoms with Gasteiger partial charge in [-0.05, 0) is 30.6 Å². The lowest BCUT2D eigenvalue weighted by Crippen LogP contribution is -3.12. The van der Waals surface area contributed by atoms with Gasteiger partial charge >= 0.3 is 0 Å². The van der Waals surface area contributed by atoms with Crippen molar-refractivity contribution in [2.24, 2.45) is 7.05 Å². The molecule has 0 amide bonds. The predicted molar refractivity (Wildman–Crippen MR) is 76.5 cm³/mol. The zero-order chi connectivity index (χ0) is 12.7. The van der Waals surface area contributed by atoms with Gasteiger partial charge in [-0.3, -0.25) is 4.57 Å². The smallest absolute Gasteiger partial charge is 0.183 e. The van der Waals surface area contributed by atoms with Gasteiger partial charge in [0.1, 0.15) is 6.04 Å². The monoisotopic (exact) mass is 280 g/mol. The molecule has 96 valence electrons. The number of aromatic nitrogens is 2. The minimum absolute atomic E-state index is 0.571. The molecule has 3 heterocycles. The number of nitrogens with zero attached hydrogens (tertiary/aromatic N) is 2. The first-order valence-electron chi connectivity index (χ1n) is 6.29. The first-order valence-corrected chi connectivity index (χ1v) is 7.58. The van der Waals surface area contributed by atoms with E-state index in [4.69, 9.17) is 12.2 Å². The zero-order valence-corrected chi connectivity index (χ0v) is 12.4. The van der Waals surface area contributed by atoms with Gasteiger partial charge < -0.3 is 9.47 Å². The topological polar surface area (TPSA) is 14.3 Å². The molecule has 0 bridgehead atoms. The summed E-state index contributed by atoms with van der Waals surface area (Å²) in [6.07, 6.45) is 5.32. The standard InChI is InChI=1S/C13H17N3S2/c1-10-11-4-8-18-12(11)3-5-15(10)9-16-7-6-14(2)13(16)17/h4,6-8,10H,3,5,9H2,1-2H3/p+1/t10-/m1/s1. The van der Waals surface area contributed by atoms with Crippen LogP contribution in [-0.4, -0.2) is 15.7 Å². The molecule has 3 nitrogen and oxygen atoms in total. The summed E-state index contributed by atoms with van der Waals surface area (Å²) < 4.78 is 5.09. The van der Waals surface area contributed by atoms with Crippen LogP contribution in [0.15, 0.2) is 23.8 Å². The van der Waals surface area contributed by atoms with E-state index in [1.807, 2.05) is 29.1 Å². The Labute approximate surface area is 116 Å². The van der Waals surface area contributed by atoms with Crippen molar-refractivity contribution in [3.8, 4) is 0 Å². The summed E-state index contributed by atoms with van der Waals surface area (Å²) in [5.74, 6) is 0. The lowest BCUT2D eigenvalue weighted by molar-refractivity contribution is -0.953. The van der Waals surface area contributed by atoms with Gasteiger partial charge in [0.25, 0.3) is 0 Å². The molecule has 1 N–H and O–H groups in total. The predicted octanol–water partition coefficient (Wildman–Crippen LogP) is 1.78. The Hall–Kier alpha value is -0.910. The van der Waals surface area contributed by atoms with Crippen LogP contribution in [0.25, 0.3) is 0 Å². The van der Waals surface area contributed by atoms with Gasteiger partial charge in [0.05, 0.1) is 6.54 Å². The second-order valence-corrected chi connectivity index (χ2v) is 6.36. The second kappa shape index (κ2) is 4.64. The lowest BCUT2D eigenvalue weighted by atomic mass is 10.0. The van der Waals surface area contributed by atoms with E-state index < -0.39 is 0 Å². The highest BCUT2D eigenvalue weighted by atomic mass is 32.1. The Morgan fingerprint density at radius 3 is 3.06 bits per heavy atom. The van der Waals surface area contributed by atoms with Gasteiger partial charge in [0.15, 0.2) is 11.4 Å². The Bertz CT molecular complexity index is 608. The van der Waals surface area contributed by atoms with Crippen LogP contribution in [0.5, 0.6) is 0 Å². The highest BCUT2D eigenvalue weighted by Crippen LogP contribution is 2.24. The van der Waals surface area contributed by atoms with Crippen molar-refractivity contribution >= 4 is 23.6 Å². The third-order valence-corrected chi connectivity index (χ3v) is 5.44. The zero-order valence-electron chi connectivity index (χ0n) is 10.7. The number of rotatable bonds is 2. The highest BCUT2D eigenvalue weighted by molar-refractivity contribution is 7.71. The summed E-state index contributed by atoms with van der Waals surface area (Å²) in [5, 5.41) is 2.22. The van der Waals surface area contributed by atoms with Gasteiger partial charge in [-0.2, -0.15) is 0 Å². The van der Waals surface area contributed by atoms with E-state index in [0.29, 0.717) is 6.04 Å². The molecule has 2 aromatic rings. The molecule has 0 saturated heterocycles. The molecule has 5 heteroatoms.